The molecule has 0 radical (unpaired) electrons. The Balaban J connectivity index is 1.54. The van der Waals surface area contributed by atoms with Crippen LogP contribution >= 0.6 is 0 Å². The Bertz CT molecular complexity index is 1080. The van der Waals surface area contributed by atoms with E-state index in [1.807, 2.05) is 0 Å². The molecule has 5 atom stereocenters. The van der Waals surface area contributed by atoms with Crippen molar-refractivity contribution in [3.8, 4) is 0 Å². The first kappa shape index (κ1) is 26.6. The monoisotopic (exact) mass is 518 g/mol. The predicted octanol–water partition coefficient (Wildman–Crippen LogP) is 5.22. The second-order valence-corrected chi connectivity index (χ2v) is 16.3. The van der Waals surface area contributed by atoms with Crippen LogP contribution in [0.4, 0.5) is 0 Å². The molecule has 198 valence electrons. The Morgan fingerprint density at radius 1 is 1.05 bits per heavy atom. The van der Waals surface area contributed by atoms with Crippen molar-refractivity contribution in [2.45, 2.75) is 63.9 Å². The molecule has 2 aromatic rings. The maximum Gasteiger partial charge on any atom is 0.261 e. The van der Waals surface area contributed by atoms with E-state index >= 15 is 0 Å². The van der Waals surface area contributed by atoms with Gasteiger partial charge in [0, 0.05) is 37.6 Å². The number of hydrogen-bond acceptors (Lipinski definition) is 4. The van der Waals surface area contributed by atoms with Crippen molar-refractivity contribution < 1.29 is 19.0 Å². The number of rotatable bonds is 8. The quantitative estimate of drug-likeness (QED) is 0.385. The second kappa shape index (κ2) is 10.3. The number of hydrogen-bond donors (Lipinski definition) is 1. The minimum atomic E-state index is -2.65. The maximum absolute atomic E-state index is 10.4. The van der Waals surface area contributed by atoms with E-state index in [1.165, 1.54) is 15.9 Å². The number of aliphatic hydroxyl groups excluding tert-OH is 1. The van der Waals surface area contributed by atoms with Gasteiger partial charge in [0.1, 0.15) is 0 Å². The van der Waals surface area contributed by atoms with Crippen LogP contribution in [-0.4, -0.2) is 46.1 Å². The Labute approximate surface area is 223 Å². The third-order valence-electron chi connectivity index (χ3n) is 9.14. The highest BCUT2D eigenvalue weighted by atomic mass is 28.4. The van der Waals surface area contributed by atoms with E-state index in [-0.39, 0.29) is 41.3 Å². The van der Waals surface area contributed by atoms with Gasteiger partial charge in [0.25, 0.3) is 8.32 Å². The predicted molar refractivity (Wildman–Crippen MR) is 151 cm³/mol. The average Bonchev–Trinajstić information content (AvgIpc) is 3.20. The molecule has 1 aliphatic heterocycles. The first-order valence-electron chi connectivity index (χ1n) is 13.7. The van der Waals surface area contributed by atoms with Gasteiger partial charge in [-0.1, -0.05) is 99.7 Å². The van der Waals surface area contributed by atoms with Crippen LogP contribution in [0, 0.1) is 17.3 Å². The van der Waals surface area contributed by atoms with Gasteiger partial charge >= 0.3 is 0 Å². The van der Waals surface area contributed by atoms with Gasteiger partial charge in [-0.15, -0.1) is 0 Å². The van der Waals surface area contributed by atoms with Gasteiger partial charge in [0.15, 0.2) is 6.29 Å². The summed E-state index contributed by atoms with van der Waals surface area (Å²) in [5, 5.41) is 12.9. The Morgan fingerprint density at radius 3 is 2.22 bits per heavy atom. The van der Waals surface area contributed by atoms with Crippen LogP contribution < -0.4 is 10.4 Å². The van der Waals surface area contributed by atoms with Gasteiger partial charge in [-0.2, -0.15) is 0 Å². The molecular weight excluding hydrogens is 476 g/mol. The summed E-state index contributed by atoms with van der Waals surface area (Å²) in [5.74, 6) is 0.294. The normalized spacial score (nSPS) is 29.6. The molecule has 2 aromatic carbocycles. The average molecular weight is 519 g/mol. The Hall–Kier alpha value is -2.02. The zero-order chi connectivity index (χ0) is 26.3. The molecule has 5 heteroatoms. The highest BCUT2D eigenvalue weighted by Gasteiger charge is 2.59. The molecule has 2 aliphatic carbocycles. The smallest absolute Gasteiger partial charge is 0.261 e. The molecule has 4 bridgehead atoms. The molecule has 1 saturated carbocycles. The molecule has 1 N–H and O–H groups in total. The third kappa shape index (κ3) is 4.29. The SMILES string of the molecule is C=C1[C@H](CO)C[C@]2(CCO[Si](c3ccccc3)(c3ccccc3)C(C)(C)C)C3=CCC[C@H]1C3O[C@H]2OC. The maximum atomic E-state index is 10.4. The molecule has 4 nitrogen and oxygen atoms in total. The molecule has 1 heterocycles. The van der Waals surface area contributed by atoms with Gasteiger partial charge in [0.05, 0.1) is 6.10 Å². The third-order valence-corrected chi connectivity index (χ3v) is 14.2. The van der Waals surface area contributed by atoms with E-state index in [0.717, 1.165) is 31.3 Å². The van der Waals surface area contributed by atoms with Crippen LogP contribution in [0.15, 0.2) is 84.5 Å². The molecular formula is C32H42O4Si. The fraction of sp³-hybridized carbons (Fsp3) is 0.500. The van der Waals surface area contributed by atoms with Crippen molar-refractivity contribution in [1.82, 2.24) is 0 Å². The topological polar surface area (TPSA) is 47.9 Å². The van der Waals surface area contributed by atoms with E-state index in [4.69, 9.17) is 13.9 Å². The Kier molecular flexibility index (Phi) is 7.38. The van der Waals surface area contributed by atoms with E-state index in [2.05, 4.69) is 94.1 Å². The van der Waals surface area contributed by atoms with Crippen molar-refractivity contribution in [2.75, 3.05) is 20.3 Å². The lowest BCUT2D eigenvalue weighted by atomic mass is 9.71. The standard InChI is InChI=1S/C32H42O4Si/c1-23-24(22-33)21-32(28-18-12-17-27(23)29(28)36-30(32)34-5)19-20-35-37(31(2,3)4,25-13-8-6-9-14-25)26-15-10-7-11-16-26/h6-11,13-16,18,24,27,29-30,33H,1,12,17,19-22H2,2-5H3/t24-,27+,29?,30+,32+/m0/s1. The van der Waals surface area contributed by atoms with Crippen molar-refractivity contribution in [2.24, 2.45) is 17.3 Å². The molecule has 0 amide bonds. The van der Waals surface area contributed by atoms with E-state index in [9.17, 15) is 5.11 Å². The van der Waals surface area contributed by atoms with Crippen molar-refractivity contribution >= 4 is 18.7 Å². The zero-order valence-electron chi connectivity index (χ0n) is 22.8. The van der Waals surface area contributed by atoms with Crippen molar-refractivity contribution in [3.05, 3.63) is 84.5 Å². The minimum absolute atomic E-state index is 0.00406. The zero-order valence-corrected chi connectivity index (χ0v) is 23.8. The largest absolute Gasteiger partial charge is 0.407 e. The van der Waals surface area contributed by atoms with Crippen molar-refractivity contribution in [1.29, 1.82) is 0 Å². The highest BCUT2D eigenvalue weighted by Crippen LogP contribution is 2.59. The van der Waals surface area contributed by atoms with Crippen LogP contribution in [-0.2, 0) is 13.9 Å². The summed E-state index contributed by atoms with van der Waals surface area (Å²) in [6.45, 7) is 12.1. The summed E-state index contributed by atoms with van der Waals surface area (Å²) in [6, 6.07) is 21.6. The molecule has 3 aliphatic rings. The lowest BCUT2D eigenvalue weighted by Gasteiger charge is -2.44. The van der Waals surface area contributed by atoms with Gasteiger partial charge < -0.3 is 19.0 Å². The minimum Gasteiger partial charge on any atom is -0.407 e. The van der Waals surface area contributed by atoms with Crippen molar-refractivity contribution in [3.63, 3.8) is 0 Å². The highest BCUT2D eigenvalue weighted by molar-refractivity contribution is 6.99. The first-order chi connectivity index (χ1) is 17.8. The first-order valence-corrected chi connectivity index (χ1v) is 15.6. The molecule has 0 spiro atoms. The molecule has 5 rings (SSSR count). The number of benzene rings is 2. The number of aliphatic hydroxyl groups is 1. The van der Waals surface area contributed by atoms with Gasteiger partial charge in [-0.25, -0.2) is 0 Å². The summed E-state index contributed by atoms with van der Waals surface area (Å²) in [4.78, 5) is 0. The fourth-order valence-corrected chi connectivity index (χ4v) is 12.0. The summed E-state index contributed by atoms with van der Waals surface area (Å²) in [5.41, 5.74) is 2.16. The summed E-state index contributed by atoms with van der Waals surface area (Å²) < 4.78 is 19.9. The summed E-state index contributed by atoms with van der Waals surface area (Å²) in [7, 11) is -0.900. The van der Waals surface area contributed by atoms with Gasteiger partial charge in [-0.05, 0) is 46.7 Å². The van der Waals surface area contributed by atoms with E-state index in [1.54, 1.807) is 7.11 Å². The van der Waals surface area contributed by atoms with Gasteiger partial charge in [0.2, 0.25) is 0 Å². The van der Waals surface area contributed by atoms with Crippen LogP contribution in [0.3, 0.4) is 0 Å². The summed E-state index contributed by atoms with van der Waals surface area (Å²) in [6.07, 6.45) is 5.65. The van der Waals surface area contributed by atoms with E-state index < -0.39 is 8.32 Å². The molecule has 1 unspecified atom stereocenters. The lowest BCUT2D eigenvalue weighted by molar-refractivity contribution is -0.175. The lowest BCUT2D eigenvalue weighted by Crippen LogP contribution is -2.66. The number of methoxy groups -OCH3 is 1. The molecule has 37 heavy (non-hydrogen) atoms. The summed E-state index contributed by atoms with van der Waals surface area (Å²) >= 11 is 0. The van der Waals surface area contributed by atoms with Crippen LogP contribution in [0.5, 0.6) is 0 Å². The fourth-order valence-electron chi connectivity index (χ4n) is 7.40. The van der Waals surface area contributed by atoms with Crippen LogP contribution in [0.1, 0.15) is 46.5 Å². The Morgan fingerprint density at radius 2 is 1.68 bits per heavy atom. The van der Waals surface area contributed by atoms with Gasteiger partial charge in [-0.3, -0.25) is 0 Å². The number of allylic oxidation sites excluding steroid dienone is 1. The molecule has 1 saturated heterocycles. The second-order valence-electron chi connectivity index (χ2n) is 12.0. The number of ether oxygens (including phenoxy) is 2. The van der Waals surface area contributed by atoms with Crippen LogP contribution in [0.2, 0.25) is 5.04 Å². The molecule has 2 fully saturated rings. The van der Waals surface area contributed by atoms with Crippen LogP contribution in [0.25, 0.3) is 0 Å². The van der Waals surface area contributed by atoms with E-state index in [0.29, 0.717) is 6.61 Å². The molecule has 0 aromatic heterocycles.